The van der Waals surface area contributed by atoms with Crippen LogP contribution in [0.4, 0.5) is 11.8 Å². The molecule has 2 aromatic rings. The molecule has 0 aromatic carbocycles. The first kappa shape index (κ1) is 14.5. The minimum Gasteiger partial charge on any atom is -0.381 e. The van der Waals surface area contributed by atoms with E-state index in [-0.39, 0.29) is 21.8 Å². The summed E-state index contributed by atoms with van der Waals surface area (Å²) in [7, 11) is -3.90. The van der Waals surface area contributed by atoms with Crippen LogP contribution in [0.15, 0.2) is 23.4 Å². The van der Waals surface area contributed by atoms with Crippen molar-refractivity contribution in [3.63, 3.8) is 0 Å². The highest BCUT2D eigenvalue weighted by Crippen LogP contribution is 2.19. The molecule has 0 fully saturated rings. The van der Waals surface area contributed by atoms with E-state index >= 15 is 0 Å². The molecule has 2 heterocycles. The number of hydrogen-bond acceptors (Lipinski definition) is 6. The summed E-state index contributed by atoms with van der Waals surface area (Å²) in [4.78, 5) is 7.41. The van der Waals surface area contributed by atoms with E-state index < -0.39 is 10.0 Å². The maximum absolute atomic E-state index is 12.2. The van der Waals surface area contributed by atoms with Gasteiger partial charge in [0.1, 0.15) is 10.0 Å². The average Bonchev–Trinajstić information content (AvgIpc) is 2.71. The summed E-state index contributed by atoms with van der Waals surface area (Å²) in [5, 5.41) is 4.07. The molecule has 0 aliphatic rings. The molecule has 8 nitrogen and oxygen atoms in total. The molecular weight excluding hydrogens is 304 g/mol. The molecule has 0 saturated heterocycles. The molecule has 0 saturated carbocycles. The van der Waals surface area contributed by atoms with Crippen LogP contribution < -0.4 is 10.5 Å². The summed E-state index contributed by atoms with van der Waals surface area (Å²) in [5.41, 5.74) is 5.62. The number of nitrogens with two attached hydrogens (primary N) is 1. The van der Waals surface area contributed by atoms with Gasteiger partial charge in [0.05, 0.1) is 0 Å². The Morgan fingerprint density at radius 1 is 1.50 bits per heavy atom. The monoisotopic (exact) mass is 316 g/mol. The van der Waals surface area contributed by atoms with Gasteiger partial charge in [0.2, 0.25) is 5.95 Å². The standard InChI is InChI=1S/C10H13ClN6O2S/c1-2-5-17-6-7(9(12)15-17)20(18,19)16-10-13-4-3-8(11)14-10/h3-4,6H,2,5H2,1H3,(H2,12,15)(H,13,14,16). The molecule has 0 unspecified atom stereocenters. The van der Waals surface area contributed by atoms with Crippen LogP contribution in [0.3, 0.4) is 0 Å². The van der Waals surface area contributed by atoms with Gasteiger partial charge in [-0.25, -0.2) is 23.1 Å². The van der Waals surface area contributed by atoms with E-state index in [9.17, 15) is 8.42 Å². The lowest BCUT2D eigenvalue weighted by Gasteiger charge is -2.04. The second-order valence-electron chi connectivity index (χ2n) is 3.95. The first-order valence-electron chi connectivity index (χ1n) is 5.76. The topological polar surface area (TPSA) is 116 Å². The van der Waals surface area contributed by atoms with Crippen molar-refractivity contribution in [1.29, 1.82) is 0 Å². The minimum atomic E-state index is -3.90. The van der Waals surface area contributed by atoms with Crippen molar-refractivity contribution in [1.82, 2.24) is 19.7 Å². The van der Waals surface area contributed by atoms with Crippen LogP contribution in [0.25, 0.3) is 0 Å². The summed E-state index contributed by atoms with van der Waals surface area (Å²) in [6.07, 6.45) is 3.52. The fourth-order valence-electron chi connectivity index (χ4n) is 1.53. The van der Waals surface area contributed by atoms with E-state index in [4.69, 9.17) is 17.3 Å². The Morgan fingerprint density at radius 2 is 2.25 bits per heavy atom. The van der Waals surface area contributed by atoms with Crippen LogP contribution >= 0.6 is 11.6 Å². The maximum Gasteiger partial charge on any atom is 0.269 e. The van der Waals surface area contributed by atoms with Crippen molar-refractivity contribution in [2.45, 2.75) is 24.8 Å². The van der Waals surface area contributed by atoms with Crippen LogP contribution in [-0.2, 0) is 16.6 Å². The smallest absolute Gasteiger partial charge is 0.269 e. The number of halogens is 1. The zero-order valence-corrected chi connectivity index (χ0v) is 12.2. The number of nitrogen functional groups attached to an aromatic ring is 1. The SMILES string of the molecule is CCCn1cc(S(=O)(=O)Nc2nccc(Cl)n2)c(N)n1. The van der Waals surface area contributed by atoms with E-state index in [1.165, 1.54) is 23.1 Å². The van der Waals surface area contributed by atoms with E-state index in [1.807, 2.05) is 6.92 Å². The molecule has 108 valence electrons. The third kappa shape index (κ3) is 3.17. The summed E-state index contributed by atoms with van der Waals surface area (Å²) >= 11 is 5.67. The highest BCUT2D eigenvalue weighted by Gasteiger charge is 2.22. The third-order valence-electron chi connectivity index (χ3n) is 2.34. The molecule has 3 N–H and O–H groups in total. The van der Waals surface area contributed by atoms with Gasteiger partial charge in [0, 0.05) is 18.9 Å². The van der Waals surface area contributed by atoms with Crippen molar-refractivity contribution < 1.29 is 8.42 Å². The molecule has 0 atom stereocenters. The van der Waals surface area contributed by atoms with Crippen LogP contribution in [0.2, 0.25) is 5.15 Å². The molecule has 2 rings (SSSR count). The number of rotatable bonds is 5. The molecule has 0 amide bonds. The zero-order chi connectivity index (χ0) is 14.8. The van der Waals surface area contributed by atoms with Gasteiger partial charge < -0.3 is 5.73 Å². The van der Waals surface area contributed by atoms with Crippen molar-refractivity contribution >= 4 is 33.4 Å². The van der Waals surface area contributed by atoms with Gasteiger partial charge in [-0.15, -0.1) is 0 Å². The van der Waals surface area contributed by atoms with Gasteiger partial charge >= 0.3 is 0 Å². The Hall–Kier alpha value is -1.87. The quantitative estimate of drug-likeness (QED) is 0.798. The number of sulfonamides is 1. The Morgan fingerprint density at radius 3 is 2.90 bits per heavy atom. The van der Waals surface area contributed by atoms with E-state index in [1.54, 1.807) is 0 Å². The number of aromatic nitrogens is 4. The Bertz CT molecular complexity index is 714. The summed E-state index contributed by atoms with van der Waals surface area (Å²) in [6, 6.07) is 1.44. The fraction of sp³-hybridized carbons (Fsp3) is 0.300. The van der Waals surface area contributed by atoms with Crippen LogP contribution in [-0.4, -0.2) is 28.2 Å². The maximum atomic E-state index is 12.2. The predicted molar refractivity (Wildman–Crippen MR) is 74.8 cm³/mol. The predicted octanol–water partition coefficient (Wildman–Crippen LogP) is 1.12. The van der Waals surface area contributed by atoms with Crippen LogP contribution in [0, 0.1) is 0 Å². The number of aryl methyl sites for hydroxylation is 1. The van der Waals surface area contributed by atoms with Crippen LogP contribution in [0.5, 0.6) is 0 Å². The second-order valence-corrected chi connectivity index (χ2v) is 5.99. The van der Waals surface area contributed by atoms with E-state index in [2.05, 4.69) is 19.8 Å². The molecule has 0 bridgehead atoms. The first-order valence-corrected chi connectivity index (χ1v) is 7.63. The van der Waals surface area contributed by atoms with Gasteiger partial charge in [0.15, 0.2) is 5.82 Å². The average molecular weight is 317 g/mol. The molecule has 20 heavy (non-hydrogen) atoms. The highest BCUT2D eigenvalue weighted by molar-refractivity contribution is 7.92. The molecule has 0 spiro atoms. The summed E-state index contributed by atoms with van der Waals surface area (Å²) in [6.45, 7) is 2.53. The van der Waals surface area contributed by atoms with Gasteiger partial charge in [-0.3, -0.25) is 4.68 Å². The molecule has 10 heteroatoms. The zero-order valence-electron chi connectivity index (χ0n) is 10.6. The van der Waals surface area contributed by atoms with Crippen molar-refractivity contribution in [3.8, 4) is 0 Å². The Labute approximate surface area is 121 Å². The van der Waals surface area contributed by atoms with Crippen molar-refractivity contribution in [2.75, 3.05) is 10.5 Å². The Balaban J connectivity index is 2.30. The Kier molecular flexibility index (Phi) is 4.09. The lowest BCUT2D eigenvalue weighted by atomic mass is 10.5. The normalized spacial score (nSPS) is 11.5. The molecular formula is C10H13ClN6O2S. The largest absolute Gasteiger partial charge is 0.381 e. The first-order chi connectivity index (χ1) is 9.42. The van der Waals surface area contributed by atoms with Crippen molar-refractivity contribution in [2.24, 2.45) is 0 Å². The second kappa shape index (κ2) is 5.63. The number of nitrogens with one attached hydrogen (secondary N) is 1. The highest BCUT2D eigenvalue weighted by atomic mass is 35.5. The third-order valence-corrected chi connectivity index (χ3v) is 3.90. The lowest BCUT2D eigenvalue weighted by molar-refractivity contribution is 0.595. The minimum absolute atomic E-state index is 0.0759. The molecule has 2 aromatic heterocycles. The van der Waals surface area contributed by atoms with Gasteiger partial charge in [0.25, 0.3) is 10.0 Å². The van der Waals surface area contributed by atoms with E-state index in [0.717, 1.165) is 6.42 Å². The number of hydrogen-bond donors (Lipinski definition) is 2. The van der Waals surface area contributed by atoms with Crippen LogP contribution in [0.1, 0.15) is 13.3 Å². The molecule has 0 aliphatic heterocycles. The van der Waals surface area contributed by atoms with Crippen molar-refractivity contribution in [3.05, 3.63) is 23.6 Å². The molecule has 0 aliphatic carbocycles. The molecule has 0 radical (unpaired) electrons. The number of nitrogens with zero attached hydrogens (tertiary/aromatic N) is 4. The lowest BCUT2D eigenvalue weighted by Crippen LogP contribution is -2.15. The van der Waals surface area contributed by atoms with Gasteiger partial charge in [-0.1, -0.05) is 18.5 Å². The summed E-state index contributed by atoms with van der Waals surface area (Å²) < 4.78 is 28.0. The fourth-order valence-corrected chi connectivity index (χ4v) is 2.69. The summed E-state index contributed by atoms with van der Waals surface area (Å²) in [5.74, 6) is -0.201. The van der Waals surface area contributed by atoms with Gasteiger partial charge in [-0.2, -0.15) is 5.10 Å². The van der Waals surface area contributed by atoms with E-state index in [0.29, 0.717) is 6.54 Å². The van der Waals surface area contributed by atoms with Gasteiger partial charge in [-0.05, 0) is 12.5 Å². The number of anilines is 2.